The smallest absolute Gasteiger partial charge is 0.298 e. The van der Waals surface area contributed by atoms with Gasteiger partial charge >= 0.3 is 0 Å². The highest BCUT2D eigenvalue weighted by molar-refractivity contribution is 7.07. The number of aromatic nitrogens is 2. The first-order valence-electron chi connectivity index (χ1n) is 6.81. The van der Waals surface area contributed by atoms with Crippen molar-refractivity contribution in [3.63, 3.8) is 0 Å². The summed E-state index contributed by atoms with van der Waals surface area (Å²) < 4.78 is 26.3. The van der Waals surface area contributed by atoms with Gasteiger partial charge in [-0.25, -0.2) is 0 Å². The molecule has 0 saturated carbocycles. The van der Waals surface area contributed by atoms with Gasteiger partial charge in [0.1, 0.15) is 11.6 Å². The molecule has 0 spiro atoms. The van der Waals surface area contributed by atoms with Crippen molar-refractivity contribution in [3.8, 4) is 10.9 Å². The fourth-order valence-corrected chi connectivity index (χ4v) is 2.67. The molecule has 2 aromatic rings. The zero-order valence-electron chi connectivity index (χ0n) is 12.3. The van der Waals surface area contributed by atoms with Crippen molar-refractivity contribution in [2.45, 2.75) is 13.2 Å². The Hall–Kier alpha value is -1.96. The Kier molecular flexibility index (Phi) is 4.67. The number of benzene rings is 1. The average Bonchev–Trinajstić information content (AvgIpc) is 3.18. The topological polar surface area (TPSA) is 62.7 Å². The van der Waals surface area contributed by atoms with Gasteiger partial charge in [-0.2, -0.15) is 9.36 Å². The molecule has 7 heteroatoms. The van der Waals surface area contributed by atoms with Gasteiger partial charge in [0.15, 0.2) is 6.29 Å². The summed E-state index contributed by atoms with van der Waals surface area (Å²) in [5, 5.41) is 0.495. The van der Waals surface area contributed by atoms with Crippen LogP contribution in [-0.4, -0.2) is 36.0 Å². The van der Waals surface area contributed by atoms with E-state index in [0.29, 0.717) is 30.0 Å². The highest BCUT2D eigenvalue weighted by Gasteiger charge is 2.25. The Morgan fingerprint density at radius 1 is 1.32 bits per heavy atom. The Labute approximate surface area is 132 Å². The molecule has 2 heterocycles. The minimum absolute atomic E-state index is 0.458. The fraction of sp³-hybridized carbons (Fsp3) is 0.333. The summed E-state index contributed by atoms with van der Waals surface area (Å²) in [5.41, 5.74) is 1.61. The zero-order valence-corrected chi connectivity index (χ0v) is 13.1. The van der Waals surface area contributed by atoms with Gasteiger partial charge in [0.2, 0.25) is 0 Å². The standard InChI is InChI=1S/C15H16N2O4S/c1-10-16-15(22-17-10)21-13-6-4-3-5-11(13)12(9-18-2)14-19-7-8-20-14/h3-6,9,14H,7-8H2,1-2H3. The number of hydrogen-bond donors (Lipinski definition) is 0. The summed E-state index contributed by atoms with van der Waals surface area (Å²) in [4.78, 5) is 4.22. The first-order valence-corrected chi connectivity index (χ1v) is 7.59. The van der Waals surface area contributed by atoms with Crippen LogP contribution >= 0.6 is 11.5 Å². The van der Waals surface area contributed by atoms with Crippen molar-refractivity contribution in [3.05, 3.63) is 41.9 Å². The molecule has 1 saturated heterocycles. The summed E-state index contributed by atoms with van der Waals surface area (Å²) >= 11 is 1.21. The van der Waals surface area contributed by atoms with Crippen molar-refractivity contribution in [2.24, 2.45) is 0 Å². The molecule has 1 aliphatic rings. The van der Waals surface area contributed by atoms with Crippen LogP contribution < -0.4 is 4.74 Å². The van der Waals surface area contributed by atoms with Gasteiger partial charge in [-0.05, 0) is 13.0 Å². The molecule has 0 bridgehead atoms. The summed E-state index contributed by atoms with van der Waals surface area (Å²) in [5.74, 6) is 1.34. The molecule has 6 nitrogen and oxygen atoms in total. The first-order chi connectivity index (χ1) is 10.8. The molecule has 116 valence electrons. The molecule has 22 heavy (non-hydrogen) atoms. The maximum absolute atomic E-state index is 5.85. The van der Waals surface area contributed by atoms with E-state index in [1.54, 1.807) is 13.4 Å². The quantitative estimate of drug-likeness (QED) is 0.789. The Bertz CT molecular complexity index is 665. The van der Waals surface area contributed by atoms with Crippen molar-refractivity contribution < 1.29 is 18.9 Å². The van der Waals surface area contributed by atoms with E-state index in [1.165, 1.54) is 11.5 Å². The molecule has 1 aliphatic heterocycles. The highest BCUT2D eigenvalue weighted by atomic mass is 32.1. The zero-order chi connectivity index (χ0) is 15.4. The molecule has 1 fully saturated rings. The van der Waals surface area contributed by atoms with Gasteiger partial charge in [0.25, 0.3) is 5.19 Å². The van der Waals surface area contributed by atoms with Crippen LogP contribution in [0.5, 0.6) is 10.9 Å². The van der Waals surface area contributed by atoms with Crippen molar-refractivity contribution >= 4 is 17.1 Å². The molecule has 1 aromatic heterocycles. The predicted molar refractivity (Wildman–Crippen MR) is 81.8 cm³/mol. The van der Waals surface area contributed by atoms with Crippen LogP contribution in [0.2, 0.25) is 0 Å². The largest absolute Gasteiger partial charge is 0.504 e. The van der Waals surface area contributed by atoms with Gasteiger partial charge in [-0.1, -0.05) is 18.2 Å². The Morgan fingerprint density at radius 3 is 2.77 bits per heavy atom. The lowest BCUT2D eigenvalue weighted by molar-refractivity contribution is 0.00552. The maximum Gasteiger partial charge on any atom is 0.298 e. The second kappa shape index (κ2) is 6.87. The molecular formula is C15H16N2O4S. The number of ether oxygens (including phenoxy) is 4. The highest BCUT2D eigenvalue weighted by Crippen LogP contribution is 2.34. The molecule has 0 aliphatic carbocycles. The van der Waals surface area contributed by atoms with E-state index in [9.17, 15) is 0 Å². The molecule has 0 unspecified atom stereocenters. The van der Waals surface area contributed by atoms with E-state index >= 15 is 0 Å². The molecule has 0 amide bonds. The normalized spacial score (nSPS) is 16.0. The first kappa shape index (κ1) is 15.0. The van der Waals surface area contributed by atoms with E-state index in [-0.39, 0.29) is 0 Å². The predicted octanol–water partition coefficient (Wildman–Crippen LogP) is 3.00. The summed E-state index contributed by atoms with van der Waals surface area (Å²) in [6, 6.07) is 7.61. The Balaban J connectivity index is 1.93. The number of hydrogen-bond acceptors (Lipinski definition) is 7. The van der Waals surface area contributed by atoms with Crippen molar-refractivity contribution in [1.82, 2.24) is 9.36 Å². The number of para-hydroxylation sites is 1. The molecule has 0 N–H and O–H groups in total. The van der Waals surface area contributed by atoms with E-state index in [1.807, 2.05) is 31.2 Å². The van der Waals surface area contributed by atoms with E-state index in [0.717, 1.165) is 11.1 Å². The van der Waals surface area contributed by atoms with E-state index < -0.39 is 6.29 Å². The van der Waals surface area contributed by atoms with Crippen LogP contribution in [0, 0.1) is 6.92 Å². The van der Waals surface area contributed by atoms with Crippen LogP contribution in [0.4, 0.5) is 0 Å². The van der Waals surface area contributed by atoms with Crippen molar-refractivity contribution in [1.29, 1.82) is 0 Å². The third kappa shape index (κ3) is 3.27. The van der Waals surface area contributed by atoms with Crippen LogP contribution in [-0.2, 0) is 14.2 Å². The van der Waals surface area contributed by atoms with Gasteiger partial charge in [-0.15, -0.1) is 0 Å². The average molecular weight is 320 g/mol. The van der Waals surface area contributed by atoms with Crippen LogP contribution in [0.3, 0.4) is 0 Å². The number of rotatable bonds is 5. The second-order valence-electron chi connectivity index (χ2n) is 4.59. The molecule has 3 rings (SSSR count). The Morgan fingerprint density at radius 2 is 2.09 bits per heavy atom. The SMILES string of the molecule is COC=C(c1ccccc1Oc1nc(C)ns1)C1OCCO1. The molecular weight excluding hydrogens is 304 g/mol. The lowest BCUT2D eigenvalue weighted by Gasteiger charge is -2.16. The summed E-state index contributed by atoms with van der Waals surface area (Å²) in [6.45, 7) is 2.94. The monoisotopic (exact) mass is 320 g/mol. The van der Waals surface area contributed by atoms with Crippen LogP contribution in [0.15, 0.2) is 30.5 Å². The van der Waals surface area contributed by atoms with Crippen LogP contribution in [0.25, 0.3) is 5.57 Å². The van der Waals surface area contributed by atoms with Gasteiger partial charge < -0.3 is 18.9 Å². The molecule has 0 radical (unpaired) electrons. The molecule has 1 aromatic carbocycles. The van der Waals surface area contributed by atoms with Gasteiger partial charge in [0, 0.05) is 17.1 Å². The van der Waals surface area contributed by atoms with Gasteiger partial charge in [0.05, 0.1) is 32.2 Å². The number of methoxy groups -OCH3 is 1. The second-order valence-corrected chi connectivity index (χ2v) is 5.30. The third-order valence-electron chi connectivity index (χ3n) is 3.02. The molecule has 0 atom stereocenters. The summed E-state index contributed by atoms with van der Waals surface area (Å²) in [6.07, 6.45) is 1.16. The fourth-order valence-electron chi connectivity index (χ4n) is 2.12. The third-order valence-corrected chi connectivity index (χ3v) is 3.71. The maximum atomic E-state index is 5.85. The number of aryl methyl sites for hydroxylation is 1. The minimum Gasteiger partial charge on any atom is -0.504 e. The number of nitrogens with zero attached hydrogens (tertiary/aromatic N) is 2. The lowest BCUT2D eigenvalue weighted by Crippen LogP contribution is -2.11. The van der Waals surface area contributed by atoms with Gasteiger partial charge in [-0.3, -0.25) is 0 Å². The van der Waals surface area contributed by atoms with E-state index in [2.05, 4.69) is 9.36 Å². The van der Waals surface area contributed by atoms with E-state index in [4.69, 9.17) is 18.9 Å². The van der Waals surface area contributed by atoms with Crippen LogP contribution in [0.1, 0.15) is 11.4 Å². The van der Waals surface area contributed by atoms with Crippen molar-refractivity contribution in [2.75, 3.05) is 20.3 Å². The lowest BCUT2D eigenvalue weighted by atomic mass is 10.1. The summed E-state index contributed by atoms with van der Waals surface area (Å²) in [7, 11) is 1.59. The minimum atomic E-state index is -0.458.